The zero-order valence-corrected chi connectivity index (χ0v) is 20.2. The SMILES string of the molecule is CC(F)(F)/C=C/n1c(-c2ccc(Cl)cc2)nn(CC(=O)CC(CO)c2cccc(Cl)c2Cl)c1=O. The molecule has 0 radical (unpaired) electrons. The lowest BCUT2D eigenvalue weighted by atomic mass is 9.94. The minimum absolute atomic E-state index is 0.0616. The number of allylic oxidation sites excluding steroid dienone is 1. The average molecular weight is 531 g/mol. The number of rotatable bonds is 9. The number of aliphatic hydroxyl groups excluding tert-OH is 1. The van der Waals surface area contributed by atoms with E-state index in [-0.39, 0.29) is 28.9 Å². The Morgan fingerprint density at radius 1 is 1.18 bits per heavy atom. The molecule has 11 heteroatoms. The summed E-state index contributed by atoms with van der Waals surface area (Å²) in [6.45, 7) is -0.128. The lowest BCUT2D eigenvalue weighted by Gasteiger charge is -2.16. The molecule has 0 spiro atoms. The Labute approximate surface area is 209 Å². The number of hydrogen-bond acceptors (Lipinski definition) is 4. The third kappa shape index (κ3) is 6.33. The molecule has 1 aromatic heterocycles. The summed E-state index contributed by atoms with van der Waals surface area (Å²) in [5.74, 6) is -4.18. The van der Waals surface area contributed by atoms with Gasteiger partial charge in [-0.1, -0.05) is 46.9 Å². The molecule has 1 atom stereocenters. The predicted octanol–water partition coefficient (Wildman–Crippen LogP) is 5.53. The van der Waals surface area contributed by atoms with Gasteiger partial charge in [0.15, 0.2) is 11.6 Å². The zero-order chi connectivity index (χ0) is 25.0. The van der Waals surface area contributed by atoms with Crippen LogP contribution in [0.3, 0.4) is 0 Å². The maximum atomic E-state index is 13.4. The highest BCUT2D eigenvalue weighted by Gasteiger charge is 2.22. The van der Waals surface area contributed by atoms with Gasteiger partial charge in [-0.05, 0) is 35.9 Å². The van der Waals surface area contributed by atoms with Gasteiger partial charge >= 0.3 is 5.69 Å². The molecule has 0 amide bonds. The van der Waals surface area contributed by atoms with E-state index in [2.05, 4.69) is 5.10 Å². The summed E-state index contributed by atoms with van der Waals surface area (Å²) in [5.41, 5.74) is 0.161. The predicted molar refractivity (Wildman–Crippen MR) is 129 cm³/mol. The van der Waals surface area contributed by atoms with Crippen molar-refractivity contribution in [3.8, 4) is 11.4 Å². The van der Waals surface area contributed by atoms with E-state index >= 15 is 0 Å². The maximum absolute atomic E-state index is 13.4. The van der Waals surface area contributed by atoms with Crippen LogP contribution in [0.25, 0.3) is 17.6 Å². The molecule has 3 aromatic rings. The Balaban J connectivity index is 1.92. The van der Waals surface area contributed by atoms with Crippen molar-refractivity contribution in [1.82, 2.24) is 14.3 Å². The third-order valence-electron chi connectivity index (χ3n) is 4.93. The van der Waals surface area contributed by atoms with Crippen LogP contribution in [0.15, 0.2) is 53.3 Å². The molecule has 0 bridgehead atoms. The number of halogens is 5. The number of ketones is 1. The van der Waals surface area contributed by atoms with Crippen molar-refractivity contribution < 1.29 is 18.7 Å². The van der Waals surface area contributed by atoms with Crippen molar-refractivity contribution in [1.29, 1.82) is 0 Å². The summed E-state index contributed by atoms with van der Waals surface area (Å²) in [4.78, 5) is 25.7. The van der Waals surface area contributed by atoms with Crippen molar-refractivity contribution >= 4 is 46.8 Å². The van der Waals surface area contributed by atoms with E-state index in [0.29, 0.717) is 29.1 Å². The standard InChI is InChI=1S/C23H20Cl3F2N3O3/c1-23(27,28)9-10-30-21(14-5-7-16(24)8-6-14)29-31(22(30)34)12-17(33)11-15(13-32)18-3-2-4-19(25)20(18)26/h2-10,15,32H,11-13H2,1H3/b10-9+. The van der Waals surface area contributed by atoms with Crippen LogP contribution in [0.2, 0.25) is 15.1 Å². The van der Waals surface area contributed by atoms with Gasteiger partial charge in [-0.2, -0.15) is 0 Å². The van der Waals surface area contributed by atoms with Gasteiger partial charge in [0.25, 0.3) is 5.92 Å². The van der Waals surface area contributed by atoms with Crippen LogP contribution < -0.4 is 5.69 Å². The minimum atomic E-state index is -3.17. The lowest BCUT2D eigenvalue weighted by Crippen LogP contribution is -2.27. The number of alkyl halides is 2. The topological polar surface area (TPSA) is 77.1 Å². The number of nitrogens with zero attached hydrogens (tertiary/aromatic N) is 3. The summed E-state index contributed by atoms with van der Waals surface area (Å²) in [7, 11) is 0. The van der Waals surface area contributed by atoms with Gasteiger partial charge in [-0.25, -0.2) is 22.8 Å². The van der Waals surface area contributed by atoms with E-state index in [0.717, 1.165) is 15.4 Å². The highest BCUT2D eigenvalue weighted by atomic mass is 35.5. The number of carbonyl (C=O) groups excluding carboxylic acids is 1. The molecule has 0 aliphatic heterocycles. The van der Waals surface area contributed by atoms with Gasteiger partial charge in [0.1, 0.15) is 6.54 Å². The molecule has 34 heavy (non-hydrogen) atoms. The number of benzene rings is 2. The third-order valence-corrected chi connectivity index (χ3v) is 6.02. The molecular formula is C23H20Cl3F2N3O3. The number of aliphatic hydroxyl groups is 1. The van der Waals surface area contributed by atoms with Gasteiger partial charge in [0, 0.05) is 42.1 Å². The first-order valence-corrected chi connectivity index (χ1v) is 11.2. The van der Waals surface area contributed by atoms with Gasteiger partial charge in [-0.15, -0.1) is 5.10 Å². The van der Waals surface area contributed by atoms with Crippen LogP contribution in [-0.2, 0) is 11.3 Å². The number of carbonyl (C=O) groups is 1. The number of Topliss-reactive ketones (excluding diaryl/α,β-unsaturated/α-hetero) is 1. The second kappa shape index (κ2) is 10.8. The van der Waals surface area contributed by atoms with E-state index < -0.39 is 29.9 Å². The van der Waals surface area contributed by atoms with Gasteiger partial charge in [0.2, 0.25) is 0 Å². The quantitative estimate of drug-likeness (QED) is 0.394. The monoisotopic (exact) mass is 529 g/mol. The van der Waals surface area contributed by atoms with Crippen molar-refractivity contribution in [3.05, 3.63) is 79.7 Å². The second-order valence-electron chi connectivity index (χ2n) is 7.68. The van der Waals surface area contributed by atoms with Gasteiger partial charge in [0.05, 0.1) is 16.7 Å². The molecule has 0 aliphatic carbocycles. The number of hydrogen-bond donors (Lipinski definition) is 1. The van der Waals surface area contributed by atoms with Crippen molar-refractivity contribution in [2.75, 3.05) is 6.61 Å². The van der Waals surface area contributed by atoms with Crippen LogP contribution >= 0.6 is 34.8 Å². The number of aromatic nitrogens is 3. The Morgan fingerprint density at radius 2 is 1.85 bits per heavy atom. The summed E-state index contributed by atoms with van der Waals surface area (Å²) >= 11 is 18.1. The van der Waals surface area contributed by atoms with Crippen LogP contribution in [0.5, 0.6) is 0 Å². The average Bonchev–Trinajstić information content (AvgIpc) is 3.08. The largest absolute Gasteiger partial charge is 0.396 e. The maximum Gasteiger partial charge on any atom is 0.350 e. The molecule has 6 nitrogen and oxygen atoms in total. The summed E-state index contributed by atoms with van der Waals surface area (Å²) in [6, 6.07) is 11.2. The molecule has 180 valence electrons. The fourth-order valence-electron chi connectivity index (χ4n) is 3.27. The summed E-state index contributed by atoms with van der Waals surface area (Å²) < 4.78 is 28.6. The van der Waals surface area contributed by atoms with Crippen molar-refractivity contribution in [3.63, 3.8) is 0 Å². The fraction of sp³-hybridized carbons (Fsp3) is 0.261. The van der Waals surface area contributed by atoms with Crippen LogP contribution in [0.1, 0.15) is 24.8 Å². The van der Waals surface area contributed by atoms with E-state index in [1.54, 1.807) is 42.5 Å². The Bertz CT molecular complexity index is 1270. The summed E-state index contributed by atoms with van der Waals surface area (Å²) in [6.07, 6.45) is 1.34. The Morgan fingerprint density at radius 3 is 2.47 bits per heavy atom. The molecule has 2 aromatic carbocycles. The van der Waals surface area contributed by atoms with Crippen LogP contribution in [0.4, 0.5) is 8.78 Å². The van der Waals surface area contributed by atoms with Crippen LogP contribution in [-0.4, -0.2) is 37.8 Å². The highest BCUT2D eigenvalue weighted by Crippen LogP contribution is 2.32. The Kier molecular flexibility index (Phi) is 8.30. The first kappa shape index (κ1) is 26.1. The molecule has 0 fully saturated rings. The molecular weight excluding hydrogens is 511 g/mol. The molecule has 0 saturated carbocycles. The van der Waals surface area contributed by atoms with E-state index in [1.807, 2.05) is 0 Å². The molecule has 1 heterocycles. The van der Waals surface area contributed by atoms with Crippen LogP contribution in [0, 0.1) is 0 Å². The molecule has 3 rings (SSSR count). The fourth-order valence-corrected chi connectivity index (χ4v) is 3.86. The van der Waals surface area contributed by atoms with Gasteiger partial charge < -0.3 is 5.11 Å². The van der Waals surface area contributed by atoms with E-state index in [1.165, 1.54) is 0 Å². The van der Waals surface area contributed by atoms with Crippen molar-refractivity contribution in [2.45, 2.75) is 31.7 Å². The van der Waals surface area contributed by atoms with E-state index in [4.69, 9.17) is 34.8 Å². The molecule has 1 unspecified atom stereocenters. The zero-order valence-electron chi connectivity index (χ0n) is 17.9. The Hall–Kier alpha value is -2.52. The first-order valence-electron chi connectivity index (χ1n) is 10.1. The second-order valence-corrected chi connectivity index (χ2v) is 8.90. The highest BCUT2D eigenvalue weighted by molar-refractivity contribution is 6.42. The molecule has 1 N–H and O–H groups in total. The first-order chi connectivity index (χ1) is 16.0. The summed E-state index contributed by atoms with van der Waals surface area (Å²) in [5, 5.41) is 14.9. The van der Waals surface area contributed by atoms with E-state index in [9.17, 15) is 23.5 Å². The van der Waals surface area contributed by atoms with Crippen molar-refractivity contribution in [2.24, 2.45) is 0 Å². The minimum Gasteiger partial charge on any atom is -0.396 e. The molecule has 0 aliphatic rings. The smallest absolute Gasteiger partial charge is 0.350 e. The lowest BCUT2D eigenvalue weighted by molar-refractivity contribution is -0.120. The van der Waals surface area contributed by atoms with Gasteiger partial charge in [-0.3, -0.25) is 4.79 Å². The molecule has 0 saturated heterocycles. The normalized spacial score (nSPS) is 12.9.